The van der Waals surface area contributed by atoms with Crippen LogP contribution >= 0.6 is 11.6 Å². The lowest BCUT2D eigenvalue weighted by molar-refractivity contribution is -0.140. The van der Waals surface area contributed by atoms with E-state index in [0.717, 1.165) is 9.87 Å². The molecule has 2 amide bonds. The molecule has 0 bridgehead atoms. The normalized spacial score (nSPS) is 12.4. The summed E-state index contributed by atoms with van der Waals surface area (Å²) in [6.45, 7) is 10.8. The molecule has 0 aliphatic carbocycles. The highest BCUT2D eigenvalue weighted by molar-refractivity contribution is 7.92. The molecular formula is C31H38ClN3O5S. The van der Waals surface area contributed by atoms with Gasteiger partial charge in [-0.3, -0.25) is 13.9 Å². The zero-order valence-corrected chi connectivity index (χ0v) is 25.9. The predicted molar refractivity (Wildman–Crippen MR) is 163 cm³/mol. The van der Waals surface area contributed by atoms with E-state index < -0.39 is 34.1 Å². The molecule has 0 saturated heterocycles. The van der Waals surface area contributed by atoms with E-state index in [2.05, 4.69) is 5.32 Å². The van der Waals surface area contributed by atoms with Crippen molar-refractivity contribution in [1.29, 1.82) is 0 Å². The van der Waals surface area contributed by atoms with Crippen molar-refractivity contribution >= 4 is 39.1 Å². The van der Waals surface area contributed by atoms with Gasteiger partial charge < -0.3 is 15.0 Å². The molecule has 0 radical (unpaired) electrons. The van der Waals surface area contributed by atoms with Gasteiger partial charge in [-0.2, -0.15) is 0 Å². The standard InChI is InChI=1S/C31H38ClN3O5S/c1-7-40-26-16-14-25(15-17-26)35(41(38,39)27-18-12-22(2)13-19-27)21-29(36)34(20-24-10-8-9-11-28(24)32)23(3)30(37)33-31(4,5)6/h8-19,23H,7,20-21H2,1-6H3,(H,33,37). The summed E-state index contributed by atoms with van der Waals surface area (Å²) in [7, 11) is -4.16. The first-order valence-electron chi connectivity index (χ1n) is 13.4. The largest absolute Gasteiger partial charge is 0.494 e. The number of carbonyl (C=O) groups excluding carboxylic acids is 2. The Kier molecular flexibility index (Phi) is 10.4. The molecule has 220 valence electrons. The minimum Gasteiger partial charge on any atom is -0.494 e. The Hall–Kier alpha value is -3.56. The van der Waals surface area contributed by atoms with E-state index in [1.54, 1.807) is 67.6 Å². The number of rotatable bonds is 11. The summed E-state index contributed by atoms with van der Waals surface area (Å²) in [6, 6.07) is 19.0. The van der Waals surface area contributed by atoms with Gasteiger partial charge in [0.1, 0.15) is 18.3 Å². The second-order valence-corrected chi connectivity index (χ2v) is 13.0. The van der Waals surface area contributed by atoms with Crippen molar-refractivity contribution in [2.24, 2.45) is 0 Å². The van der Waals surface area contributed by atoms with E-state index in [1.807, 2.05) is 34.6 Å². The number of ether oxygens (including phenoxy) is 1. The molecule has 3 aromatic carbocycles. The molecule has 41 heavy (non-hydrogen) atoms. The van der Waals surface area contributed by atoms with Crippen LogP contribution < -0.4 is 14.4 Å². The molecule has 3 aromatic rings. The molecule has 0 saturated carbocycles. The van der Waals surface area contributed by atoms with Gasteiger partial charge in [0.2, 0.25) is 11.8 Å². The number of carbonyl (C=O) groups is 2. The van der Waals surface area contributed by atoms with E-state index in [1.165, 1.54) is 17.0 Å². The average molecular weight is 600 g/mol. The quantitative estimate of drug-likeness (QED) is 0.311. The summed E-state index contributed by atoms with van der Waals surface area (Å²) >= 11 is 6.41. The Bertz CT molecular complexity index is 1450. The van der Waals surface area contributed by atoms with Crippen molar-refractivity contribution in [1.82, 2.24) is 10.2 Å². The van der Waals surface area contributed by atoms with Crippen LogP contribution in [0.15, 0.2) is 77.7 Å². The fraction of sp³-hybridized carbons (Fsp3) is 0.355. The summed E-state index contributed by atoms with van der Waals surface area (Å²) in [5.74, 6) is -0.360. The van der Waals surface area contributed by atoms with E-state index in [-0.39, 0.29) is 23.0 Å². The summed E-state index contributed by atoms with van der Waals surface area (Å²) < 4.78 is 34.5. The molecule has 8 nitrogen and oxygen atoms in total. The Morgan fingerprint density at radius 1 is 0.976 bits per heavy atom. The third-order valence-electron chi connectivity index (χ3n) is 6.29. The molecule has 1 unspecified atom stereocenters. The topological polar surface area (TPSA) is 96.0 Å². The first-order valence-corrected chi connectivity index (χ1v) is 15.2. The minimum absolute atomic E-state index is 0.0128. The van der Waals surface area contributed by atoms with Crippen LogP contribution in [-0.2, 0) is 26.2 Å². The number of hydrogen-bond acceptors (Lipinski definition) is 5. The van der Waals surface area contributed by atoms with E-state index in [0.29, 0.717) is 22.9 Å². The Morgan fingerprint density at radius 2 is 1.59 bits per heavy atom. The van der Waals surface area contributed by atoms with Gasteiger partial charge in [0.25, 0.3) is 10.0 Å². The summed E-state index contributed by atoms with van der Waals surface area (Å²) in [4.78, 5) is 28.6. The van der Waals surface area contributed by atoms with Gasteiger partial charge in [0.15, 0.2) is 0 Å². The van der Waals surface area contributed by atoms with E-state index in [4.69, 9.17) is 16.3 Å². The number of hydrogen-bond donors (Lipinski definition) is 1. The summed E-state index contributed by atoms with van der Waals surface area (Å²) in [5.41, 5.74) is 1.28. The van der Waals surface area contributed by atoms with Gasteiger partial charge in [-0.05, 0) is 89.6 Å². The third kappa shape index (κ3) is 8.47. The minimum atomic E-state index is -4.16. The second-order valence-electron chi connectivity index (χ2n) is 10.8. The van der Waals surface area contributed by atoms with Gasteiger partial charge in [-0.1, -0.05) is 47.5 Å². The van der Waals surface area contributed by atoms with Crippen molar-refractivity contribution in [3.63, 3.8) is 0 Å². The van der Waals surface area contributed by atoms with Crippen molar-refractivity contribution in [2.45, 2.75) is 64.6 Å². The lowest BCUT2D eigenvalue weighted by Gasteiger charge is -2.33. The molecule has 0 aliphatic rings. The first kappa shape index (κ1) is 32.0. The smallest absolute Gasteiger partial charge is 0.264 e. The van der Waals surface area contributed by atoms with Crippen LogP contribution in [-0.4, -0.2) is 49.9 Å². The van der Waals surface area contributed by atoms with E-state index in [9.17, 15) is 18.0 Å². The van der Waals surface area contributed by atoms with Crippen molar-refractivity contribution < 1.29 is 22.7 Å². The molecular weight excluding hydrogens is 562 g/mol. The Labute approximate surface area is 248 Å². The van der Waals surface area contributed by atoms with Gasteiger partial charge in [0.05, 0.1) is 17.2 Å². The highest BCUT2D eigenvalue weighted by Gasteiger charge is 2.33. The number of amides is 2. The zero-order chi connectivity index (χ0) is 30.4. The Balaban J connectivity index is 2.05. The highest BCUT2D eigenvalue weighted by Crippen LogP contribution is 2.27. The SMILES string of the molecule is CCOc1ccc(N(CC(=O)N(Cc2ccccc2Cl)C(C)C(=O)NC(C)(C)C)S(=O)(=O)c2ccc(C)cc2)cc1. The molecule has 0 aliphatic heterocycles. The van der Waals surface area contributed by atoms with Gasteiger partial charge >= 0.3 is 0 Å². The Morgan fingerprint density at radius 3 is 2.15 bits per heavy atom. The predicted octanol–water partition coefficient (Wildman–Crippen LogP) is 5.57. The fourth-order valence-electron chi connectivity index (χ4n) is 4.11. The first-order chi connectivity index (χ1) is 19.2. The maximum atomic E-state index is 14.0. The monoisotopic (exact) mass is 599 g/mol. The van der Waals surface area contributed by atoms with Crippen molar-refractivity contribution in [3.05, 3.63) is 88.9 Å². The van der Waals surface area contributed by atoms with Gasteiger partial charge in [-0.25, -0.2) is 8.42 Å². The maximum Gasteiger partial charge on any atom is 0.264 e. The van der Waals surface area contributed by atoms with Crippen LogP contribution in [0.1, 0.15) is 45.7 Å². The molecule has 3 rings (SSSR count). The lowest BCUT2D eigenvalue weighted by atomic mass is 10.1. The summed E-state index contributed by atoms with van der Waals surface area (Å²) in [5, 5.41) is 3.34. The van der Waals surface area contributed by atoms with E-state index >= 15 is 0 Å². The molecule has 1 N–H and O–H groups in total. The van der Waals surface area contributed by atoms with Crippen LogP contribution in [0, 0.1) is 6.92 Å². The zero-order valence-electron chi connectivity index (χ0n) is 24.3. The summed E-state index contributed by atoms with van der Waals surface area (Å²) in [6.07, 6.45) is 0. The number of benzene rings is 3. The number of nitrogens with one attached hydrogen (secondary N) is 1. The van der Waals surface area contributed by atoms with Gasteiger partial charge in [-0.15, -0.1) is 0 Å². The van der Waals surface area contributed by atoms with Crippen LogP contribution in [0.5, 0.6) is 5.75 Å². The number of halogens is 1. The molecule has 0 heterocycles. The van der Waals surface area contributed by atoms with Gasteiger partial charge in [0, 0.05) is 17.1 Å². The number of nitrogens with zero attached hydrogens (tertiary/aromatic N) is 2. The van der Waals surface area contributed by atoms with Crippen LogP contribution in [0.3, 0.4) is 0 Å². The van der Waals surface area contributed by atoms with Crippen LogP contribution in [0.2, 0.25) is 5.02 Å². The third-order valence-corrected chi connectivity index (χ3v) is 8.44. The molecule has 10 heteroatoms. The highest BCUT2D eigenvalue weighted by atomic mass is 35.5. The van der Waals surface area contributed by atoms with Crippen molar-refractivity contribution in [3.8, 4) is 5.75 Å². The number of anilines is 1. The molecule has 0 aromatic heterocycles. The second kappa shape index (κ2) is 13.4. The molecule has 0 spiro atoms. The number of aryl methyl sites for hydroxylation is 1. The molecule has 0 fully saturated rings. The average Bonchev–Trinajstić information content (AvgIpc) is 2.90. The number of sulfonamides is 1. The fourth-order valence-corrected chi connectivity index (χ4v) is 5.72. The van der Waals surface area contributed by atoms with Crippen LogP contribution in [0.25, 0.3) is 0 Å². The maximum absolute atomic E-state index is 14.0. The van der Waals surface area contributed by atoms with Crippen molar-refractivity contribution in [2.75, 3.05) is 17.5 Å². The van der Waals surface area contributed by atoms with Crippen LogP contribution in [0.4, 0.5) is 5.69 Å². The lowest BCUT2D eigenvalue weighted by Crippen LogP contribution is -2.54. The molecule has 1 atom stereocenters.